The first-order valence-electron chi connectivity index (χ1n) is 7.70. The van der Waals surface area contributed by atoms with E-state index in [4.69, 9.17) is 10.5 Å². The zero-order valence-electron chi connectivity index (χ0n) is 13.5. The van der Waals surface area contributed by atoms with Crippen LogP contribution in [0.5, 0.6) is 0 Å². The quantitative estimate of drug-likeness (QED) is 0.709. The summed E-state index contributed by atoms with van der Waals surface area (Å²) in [4.78, 5) is 16.4. The number of hydrogen-bond donors (Lipinski definition) is 1. The highest BCUT2D eigenvalue weighted by atomic mass is 16.5. The summed E-state index contributed by atoms with van der Waals surface area (Å²) < 4.78 is 4.73. The van der Waals surface area contributed by atoms with Crippen molar-refractivity contribution in [3.8, 4) is 0 Å². The largest absolute Gasteiger partial charge is 0.468 e. The third-order valence-corrected chi connectivity index (χ3v) is 4.49. The van der Waals surface area contributed by atoms with E-state index in [0.29, 0.717) is 12.5 Å². The zero-order chi connectivity index (χ0) is 15.2. The lowest BCUT2D eigenvalue weighted by atomic mass is 9.96. The van der Waals surface area contributed by atoms with Crippen LogP contribution in [0.15, 0.2) is 0 Å². The molecule has 0 radical (unpaired) electrons. The number of nitrogens with zero attached hydrogens (tertiary/aromatic N) is 2. The van der Waals surface area contributed by atoms with Gasteiger partial charge in [0.15, 0.2) is 0 Å². The summed E-state index contributed by atoms with van der Waals surface area (Å²) >= 11 is 0. The van der Waals surface area contributed by atoms with Gasteiger partial charge in [0.2, 0.25) is 0 Å². The normalized spacial score (nSPS) is 20.9. The van der Waals surface area contributed by atoms with Crippen LogP contribution in [0.2, 0.25) is 0 Å². The van der Waals surface area contributed by atoms with Crippen molar-refractivity contribution in [2.24, 2.45) is 5.73 Å². The Labute approximate surface area is 123 Å². The monoisotopic (exact) mass is 285 g/mol. The maximum Gasteiger partial charge on any atom is 0.325 e. The lowest BCUT2D eigenvalue weighted by molar-refractivity contribution is -0.146. The van der Waals surface area contributed by atoms with E-state index in [-0.39, 0.29) is 5.97 Å². The molecular formula is C15H31N3O2. The molecule has 2 N–H and O–H groups in total. The number of carbonyl (C=O) groups excluding carboxylic acids is 1. The van der Waals surface area contributed by atoms with Crippen LogP contribution in [0.25, 0.3) is 0 Å². The Morgan fingerprint density at radius 1 is 1.45 bits per heavy atom. The van der Waals surface area contributed by atoms with Gasteiger partial charge in [-0.2, -0.15) is 0 Å². The fraction of sp³-hybridized carbons (Fsp3) is 0.933. The Balaban J connectivity index is 2.27. The molecule has 0 bridgehead atoms. The molecular weight excluding hydrogens is 254 g/mol. The molecule has 5 heteroatoms. The molecule has 0 saturated carbocycles. The lowest BCUT2D eigenvalue weighted by Gasteiger charge is -2.36. The zero-order valence-corrected chi connectivity index (χ0v) is 13.5. The second-order valence-electron chi connectivity index (χ2n) is 6.16. The second-order valence-corrected chi connectivity index (χ2v) is 6.16. The summed E-state index contributed by atoms with van der Waals surface area (Å²) in [7, 11) is 3.57. The average molecular weight is 285 g/mol. The molecule has 0 aliphatic carbocycles. The molecule has 1 heterocycles. The maximum absolute atomic E-state index is 11.5. The van der Waals surface area contributed by atoms with Gasteiger partial charge in [0.1, 0.15) is 5.54 Å². The van der Waals surface area contributed by atoms with Crippen LogP contribution in [0.4, 0.5) is 0 Å². The molecule has 5 nitrogen and oxygen atoms in total. The van der Waals surface area contributed by atoms with E-state index in [1.165, 1.54) is 33.0 Å². The van der Waals surface area contributed by atoms with Crippen LogP contribution < -0.4 is 5.73 Å². The molecule has 0 aromatic carbocycles. The topological polar surface area (TPSA) is 58.8 Å². The van der Waals surface area contributed by atoms with E-state index in [1.54, 1.807) is 6.92 Å². The highest BCUT2D eigenvalue weighted by Crippen LogP contribution is 2.17. The number of nitrogens with two attached hydrogens (primary N) is 1. The molecule has 1 atom stereocenters. The Bertz CT molecular complexity index is 299. The number of hydrogen-bond acceptors (Lipinski definition) is 5. The van der Waals surface area contributed by atoms with E-state index >= 15 is 0 Å². The summed E-state index contributed by atoms with van der Waals surface area (Å²) in [5.41, 5.74) is 5.11. The highest BCUT2D eigenvalue weighted by Gasteiger charge is 2.29. The van der Waals surface area contributed by atoms with Crippen molar-refractivity contribution in [3.63, 3.8) is 0 Å². The van der Waals surface area contributed by atoms with Crippen LogP contribution in [-0.4, -0.2) is 67.7 Å². The minimum Gasteiger partial charge on any atom is -0.468 e. The number of rotatable bonds is 7. The van der Waals surface area contributed by atoms with Gasteiger partial charge in [-0.1, -0.05) is 6.92 Å². The molecule has 20 heavy (non-hydrogen) atoms. The predicted molar refractivity (Wildman–Crippen MR) is 81.6 cm³/mol. The fourth-order valence-electron chi connectivity index (χ4n) is 2.89. The number of methoxy groups -OCH3 is 1. The summed E-state index contributed by atoms with van der Waals surface area (Å²) in [5.74, 6) is -0.323. The molecule has 118 valence electrons. The second kappa shape index (κ2) is 7.96. The molecule has 1 fully saturated rings. The number of likely N-dealkylation sites (tertiary alicyclic amines) is 1. The smallest absolute Gasteiger partial charge is 0.325 e. The molecule has 1 rings (SSSR count). The Kier molecular flexibility index (Phi) is 6.92. The maximum atomic E-state index is 11.5. The van der Waals surface area contributed by atoms with Crippen molar-refractivity contribution < 1.29 is 9.53 Å². The summed E-state index contributed by atoms with van der Waals surface area (Å²) in [6.45, 7) is 8.50. The molecule has 1 saturated heterocycles. The molecule has 1 unspecified atom stereocenters. The lowest BCUT2D eigenvalue weighted by Crippen LogP contribution is -2.47. The first-order chi connectivity index (χ1) is 9.40. The minimum absolute atomic E-state index is 0.323. The number of piperidine rings is 1. The van der Waals surface area contributed by atoms with Crippen molar-refractivity contribution in [3.05, 3.63) is 0 Å². The van der Waals surface area contributed by atoms with E-state index < -0.39 is 5.54 Å². The van der Waals surface area contributed by atoms with Crippen molar-refractivity contribution in [1.29, 1.82) is 0 Å². The number of esters is 1. The van der Waals surface area contributed by atoms with Gasteiger partial charge in [0.05, 0.1) is 7.11 Å². The third kappa shape index (κ3) is 5.04. The van der Waals surface area contributed by atoms with E-state index in [1.807, 2.05) is 0 Å². The predicted octanol–water partition coefficient (Wildman–Crippen LogP) is 1.07. The molecule has 0 spiro atoms. The van der Waals surface area contributed by atoms with Gasteiger partial charge in [0, 0.05) is 6.04 Å². The summed E-state index contributed by atoms with van der Waals surface area (Å²) in [6, 6.07) is 0.667. The Morgan fingerprint density at radius 2 is 2.05 bits per heavy atom. The van der Waals surface area contributed by atoms with Crippen LogP contribution in [-0.2, 0) is 9.53 Å². The first kappa shape index (κ1) is 17.4. The van der Waals surface area contributed by atoms with Gasteiger partial charge < -0.3 is 20.3 Å². The van der Waals surface area contributed by atoms with Crippen LogP contribution in [0.3, 0.4) is 0 Å². The molecule has 0 amide bonds. The van der Waals surface area contributed by atoms with Crippen molar-refractivity contribution >= 4 is 5.97 Å². The van der Waals surface area contributed by atoms with Crippen LogP contribution in [0, 0.1) is 0 Å². The van der Waals surface area contributed by atoms with Gasteiger partial charge in [0.25, 0.3) is 0 Å². The Morgan fingerprint density at radius 3 is 2.55 bits per heavy atom. The van der Waals surface area contributed by atoms with Crippen molar-refractivity contribution in [2.45, 2.75) is 51.1 Å². The van der Waals surface area contributed by atoms with Crippen molar-refractivity contribution in [2.75, 3.05) is 40.3 Å². The third-order valence-electron chi connectivity index (χ3n) is 4.49. The first-order valence-corrected chi connectivity index (χ1v) is 7.70. The summed E-state index contributed by atoms with van der Waals surface area (Å²) in [6.07, 6.45) is 4.06. The van der Waals surface area contributed by atoms with Crippen molar-refractivity contribution in [1.82, 2.24) is 9.80 Å². The van der Waals surface area contributed by atoms with Crippen LogP contribution in [0.1, 0.15) is 39.5 Å². The SMILES string of the molecule is CCN1CCC(N(C)CCCC(C)(N)C(=O)OC)CC1. The fourth-order valence-corrected chi connectivity index (χ4v) is 2.89. The average Bonchev–Trinajstić information content (AvgIpc) is 2.46. The standard InChI is InChI=1S/C15H31N3O2/c1-5-18-11-7-13(8-12-18)17(3)10-6-9-15(2,16)14(19)20-4/h13H,5-12,16H2,1-4H3. The Hall–Kier alpha value is -0.650. The molecule has 1 aliphatic heterocycles. The van der Waals surface area contributed by atoms with Gasteiger partial charge in [-0.15, -0.1) is 0 Å². The van der Waals surface area contributed by atoms with Crippen LogP contribution >= 0.6 is 0 Å². The minimum atomic E-state index is -0.860. The van der Waals surface area contributed by atoms with Gasteiger partial charge >= 0.3 is 5.97 Å². The van der Waals surface area contributed by atoms with Gasteiger partial charge in [-0.05, 0) is 65.8 Å². The van der Waals surface area contributed by atoms with E-state index in [9.17, 15) is 4.79 Å². The summed E-state index contributed by atoms with van der Waals surface area (Å²) in [5, 5.41) is 0. The van der Waals surface area contributed by atoms with Gasteiger partial charge in [-0.25, -0.2) is 0 Å². The number of carbonyl (C=O) groups is 1. The molecule has 0 aromatic rings. The number of ether oxygens (including phenoxy) is 1. The van der Waals surface area contributed by atoms with E-state index in [2.05, 4.69) is 23.8 Å². The molecule has 0 aromatic heterocycles. The molecule has 1 aliphatic rings. The van der Waals surface area contributed by atoms with E-state index in [0.717, 1.165) is 19.5 Å². The highest BCUT2D eigenvalue weighted by molar-refractivity contribution is 5.79. The van der Waals surface area contributed by atoms with Gasteiger partial charge in [-0.3, -0.25) is 4.79 Å².